The Bertz CT molecular complexity index is 298. The van der Waals surface area contributed by atoms with Crippen molar-refractivity contribution >= 4 is 23.6 Å². The Hall–Kier alpha value is -0.750. The second kappa shape index (κ2) is 9.20. The summed E-state index contributed by atoms with van der Waals surface area (Å²) in [5, 5.41) is 6.00. The van der Waals surface area contributed by atoms with E-state index in [1.807, 2.05) is 20.8 Å². The van der Waals surface area contributed by atoms with Gasteiger partial charge in [0.05, 0.1) is 12.9 Å². The highest BCUT2D eigenvalue weighted by molar-refractivity contribution is 8.00. The van der Waals surface area contributed by atoms with Crippen molar-refractivity contribution in [3.05, 3.63) is 0 Å². The Morgan fingerprint density at radius 2 is 2.00 bits per heavy atom. The van der Waals surface area contributed by atoms with Crippen LogP contribution in [-0.4, -0.2) is 48.6 Å². The third-order valence-corrected chi connectivity index (χ3v) is 3.69. The monoisotopic (exact) mass is 290 g/mol. The third kappa shape index (κ3) is 7.42. The van der Waals surface area contributed by atoms with E-state index < -0.39 is 5.54 Å². The van der Waals surface area contributed by atoms with Gasteiger partial charge in [-0.1, -0.05) is 6.92 Å². The van der Waals surface area contributed by atoms with E-state index in [4.69, 9.17) is 4.74 Å². The Morgan fingerprint density at radius 1 is 1.37 bits per heavy atom. The topological polar surface area (TPSA) is 67.4 Å². The summed E-state index contributed by atoms with van der Waals surface area (Å²) in [5.41, 5.74) is -0.765. The molecular weight excluding hydrogens is 264 g/mol. The third-order valence-electron chi connectivity index (χ3n) is 2.44. The van der Waals surface area contributed by atoms with Crippen molar-refractivity contribution in [1.82, 2.24) is 10.6 Å². The molecule has 5 nitrogen and oxygen atoms in total. The van der Waals surface area contributed by atoms with Gasteiger partial charge in [-0.25, -0.2) is 0 Å². The molecule has 1 unspecified atom stereocenters. The lowest BCUT2D eigenvalue weighted by Gasteiger charge is -2.29. The maximum Gasteiger partial charge on any atom is 0.326 e. The van der Waals surface area contributed by atoms with Crippen molar-refractivity contribution in [1.29, 1.82) is 0 Å². The molecular formula is C13H26N2O3S. The zero-order chi connectivity index (χ0) is 14.9. The van der Waals surface area contributed by atoms with Gasteiger partial charge in [-0.2, -0.15) is 0 Å². The first-order valence-electron chi connectivity index (χ1n) is 6.56. The molecule has 2 N–H and O–H groups in total. The van der Waals surface area contributed by atoms with E-state index in [2.05, 4.69) is 10.6 Å². The summed E-state index contributed by atoms with van der Waals surface area (Å²) in [7, 11) is 1.38. The summed E-state index contributed by atoms with van der Waals surface area (Å²) >= 11 is 1.43. The molecule has 0 aromatic carbocycles. The van der Waals surface area contributed by atoms with Crippen LogP contribution in [0.3, 0.4) is 0 Å². The molecule has 0 aliphatic rings. The molecule has 0 aromatic heterocycles. The van der Waals surface area contributed by atoms with Crippen LogP contribution in [0.1, 0.15) is 34.1 Å². The number of amides is 1. The molecule has 0 saturated heterocycles. The molecule has 0 aliphatic heterocycles. The molecule has 0 radical (unpaired) electrons. The highest BCUT2D eigenvalue weighted by Gasteiger charge is 2.34. The second-order valence-electron chi connectivity index (χ2n) is 4.97. The van der Waals surface area contributed by atoms with E-state index in [1.54, 1.807) is 6.92 Å². The number of ether oxygens (including phenoxy) is 1. The van der Waals surface area contributed by atoms with Gasteiger partial charge in [-0.3, -0.25) is 14.9 Å². The summed E-state index contributed by atoms with van der Waals surface area (Å²) in [6, 6.07) is 0.165. The van der Waals surface area contributed by atoms with Crippen LogP contribution in [-0.2, 0) is 14.3 Å². The molecule has 112 valence electrons. The van der Waals surface area contributed by atoms with E-state index in [0.717, 1.165) is 6.42 Å². The van der Waals surface area contributed by atoms with Gasteiger partial charge < -0.3 is 10.1 Å². The van der Waals surface area contributed by atoms with Crippen molar-refractivity contribution in [3.63, 3.8) is 0 Å². The Kier molecular flexibility index (Phi) is 8.84. The second-order valence-corrected chi connectivity index (χ2v) is 5.95. The summed E-state index contributed by atoms with van der Waals surface area (Å²) in [5.74, 6) is 0.551. The van der Waals surface area contributed by atoms with Crippen molar-refractivity contribution in [2.24, 2.45) is 0 Å². The number of carbonyl (C=O) groups is 2. The van der Waals surface area contributed by atoms with E-state index in [0.29, 0.717) is 18.1 Å². The first-order chi connectivity index (χ1) is 8.85. The number of hydrogen-bond acceptors (Lipinski definition) is 5. The molecule has 1 amide bonds. The van der Waals surface area contributed by atoms with Gasteiger partial charge in [-0.15, -0.1) is 11.8 Å². The number of methoxy groups -OCH3 is 1. The Morgan fingerprint density at radius 3 is 2.47 bits per heavy atom. The maximum absolute atomic E-state index is 11.8. The largest absolute Gasteiger partial charge is 0.468 e. The predicted octanol–water partition coefficient (Wildman–Crippen LogP) is 1.18. The average molecular weight is 290 g/mol. The van der Waals surface area contributed by atoms with Crippen molar-refractivity contribution in [2.45, 2.75) is 45.7 Å². The van der Waals surface area contributed by atoms with E-state index in [1.165, 1.54) is 18.9 Å². The van der Waals surface area contributed by atoms with Gasteiger partial charge >= 0.3 is 5.97 Å². The minimum Gasteiger partial charge on any atom is -0.468 e. The quantitative estimate of drug-likeness (QED) is 0.624. The van der Waals surface area contributed by atoms with Crippen molar-refractivity contribution in [3.8, 4) is 0 Å². The Balaban J connectivity index is 4.27. The van der Waals surface area contributed by atoms with Crippen LogP contribution in [0, 0.1) is 0 Å². The number of hydrogen-bond donors (Lipinski definition) is 2. The lowest BCUT2D eigenvalue weighted by Crippen LogP contribution is -2.55. The van der Waals surface area contributed by atoms with Gasteiger partial charge in [0.15, 0.2) is 0 Å². The average Bonchev–Trinajstić information content (AvgIpc) is 2.34. The molecule has 0 aromatic rings. The molecule has 0 saturated carbocycles. The molecule has 6 heteroatoms. The highest BCUT2D eigenvalue weighted by Crippen LogP contribution is 2.16. The van der Waals surface area contributed by atoms with Gasteiger partial charge in [0, 0.05) is 18.3 Å². The fourth-order valence-corrected chi connectivity index (χ4v) is 2.68. The number of rotatable bonds is 9. The standard InChI is InChI=1S/C13H26N2O3S/c1-6-7-14-11(16)8-19-9-13(4,12(17)18-5)15-10(2)3/h10,15H,6-9H2,1-5H3,(H,14,16). The summed E-state index contributed by atoms with van der Waals surface area (Å²) in [4.78, 5) is 23.3. The van der Waals surface area contributed by atoms with Gasteiger partial charge in [-0.05, 0) is 27.2 Å². The minimum atomic E-state index is -0.765. The smallest absolute Gasteiger partial charge is 0.326 e. The molecule has 0 spiro atoms. The number of esters is 1. The van der Waals surface area contributed by atoms with E-state index in [9.17, 15) is 9.59 Å². The highest BCUT2D eigenvalue weighted by atomic mass is 32.2. The lowest BCUT2D eigenvalue weighted by atomic mass is 10.0. The van der Waals surface area contributed by atoms with Crippen LogP contribution in [0.4, 0.5) is 0 Å². The molecule has 0 bridgehead atoms. The Labute approximate surface area is 120 Å². The zero-order valence-electron chi connectivity index (χ0n) is 12.5. The lowest BCUT2D eigenvalue weighted by molar-refractivity contribution is -0.147. The summed E-state index contributed by atoms with van der Waals surface area (Å²) in [6.45, 7) is 8.45. The first-order valence-corrected chi connectivity index (χ1v) is 7.71. The van der Waals surface area contributed by atoms with Crippen molar-refractivity contribution < 1.29 is 14.3 Å². The number of carbonyl (C=O) groups excluding carboxylic acids is 2. The normalized spacial score (nSPS) is 14.0. The molecule has 19 heavy (non-hydrogen) atoms. The molecule has 0 fully saturated rings. The fraction of sp³-hybridized carbons (Fsp3) is 0.846. The van der Waals surface area contributed by atoms with Gasteiger partial charge in [0.25, 0.3) is 0 Å². The van der Waals surface area contributed by atoms with Crippen LogP contribution in [0.15, 0.2) is 0 Å². The first kappa shape index (κ1) is 18.2. The minimum absolute atomic E-state index is 0.00335. The summed E-state index contributed by atoms with van der Waals surface area (Å²) in [6.07, 6.45) is 0.922. The molecule has 0 heterocycles. The van der Waals surface area contributed by atoms with Gasteiger partial charge in [0.2, 0.25) is 5.91 Å². The van der Waals surface area contributed by atoms with Crippen LogP contribution in [0.5, 0.6) is 0 Å². The van der Waals surface area contributed by atoms with Crippen LogP contribution < -0.4 is 10.6 Å². The molecule has 0 aliphatic carbocycles. The van der Waals surface area contributed by atoms with E-state index >= 15 is 0 Å². The van der Waals surface area contributed by atoms with E-state index in [-0.39, 0.29) is 17.9 Å². The van der Waals surface area contributed by atoms with Crippen LogP contribution >= 0.6 is 11.8 Å². The number of nitrogens with one attached hydrogen (secondary N) is 2. The van der Waals surface area contributed by atoms with Crippen molar-refractivity contribution in [2.75, 3.05) is 25.2 Å². The number of thioether (sulfide) groups is 1. The SMILES string of the molecule is CCCNC(=O)CSCC(C)(NC(C)C)C(=O)OC. The fourth-order valence-electron chi connectivity index (χ4n) is 1.69. The predicted molar refractivity (Wildman–Crippen MR) is 79.3 cm³/mol. The maximum atomic E-state index is 11.8. The van der Waals surface area contributed by atoms with Gasteiger partial charge in [0.1, 0.15) is 5.54 Å². The van der Waals surface area contributed by atoms with Crippen LogP contribution in [0.2, 0.25) is 0 Å². The molecule has 1 atom stereocenters. The summed E-state index contributed by atoms with van der Waals surface area (Å²) < 4.78 is 4.82. The molecule has 0 rings (SSSR count). The van der Waals surface area contributed by atoms with Crippen LogP contribution in [0.25, 0.3) is 0 Å². The zero-order valence-corrected chi connectivity index (χ0v) is 13.4.